The molecule has 3 nitrogen and oxygen atoms in total. The molecule has 0 radical (unpaired) electrons. The van der Waals surface area contributed by atoms with Gasteiger partial charge in [-0.3, -0.25) is 0 Å². The monoisotopic (exact) mass is 758 g/mol. The Balaban J connectivity index is 1.20. The predicted octanol–water partition coefficient (Wildman–Crippen LogP) is 15.2. The molecule has 1 aliphatic heterocycles. The molecule has 10 rings (SSSR count). The van der Waals surface area contributed by atoms with Gasteiger partial charge in [0.2, 0.25) is 0 Å². The third-order valence-corrected chi connectivity index (χ3v) is 11.3. The van der Waals surface area contributed by atoms with E-state index >= 15 is 0 Å². The van der Waals surface area contributed by atoms with E-state index in [1.54, 1.807) is 0 Å². The standard InChI is InChI=1S/C56H42N2O/c1-40-22-12-9-10-17-29-48-53(39-38-51-54(48)46-27-18-20-30-49(46)57(51)43-25-15-7-5-3-2-4-6-8-16-26-43)59-56-45(40)36-37-52-55(56)47-28-19-21-31-50(47)58(52)44-34-32-42(33-35-44)41-23-13-11-14-24-41/h2-40H,1H3/b3-2+,4-2?,5-3?,6-4-,7-5+,8-6?,10-9-,15-7?,16-8-,22-12+,25-15-,26-16?,29-17-,43-25?,43-26+. The molecule has 0 saturated heterocycles. The fraction of sp³-hybridized carbons (Fsp3) is 0.0357. The van der Waals surface area contributed by atoms with Crippen LogP contribution in [-0.4, -0.2) is 9.13 Å². The Hall–Kier alpha value is -7.62. The number of para-hydroxylation sites is 2. The minimum atomic E-state index is 0.0936. The number of hydrogen-bond donors (Lipinski definition) is 0. The van der Waals surface area contributed by atoms with Gasteiger partial charge < -0.3 is 13.9 Å². The number of allylic oxidation sites excluding steroid dienone is 17. The molecule has 0 bridgehead atoms. The molecule has 6 aromatic carbocycles. The Morgan fingerprint density at radius 3 is 1.78 bits per heavy atom. The number of hydrogen-bond acceptors (Lipinski definition) is 1. The third-order valence-electron chi connectivity index (χ3n) is 11.3. The van der Waals surface area contributed by atoms with Crippen LogP contribution in [0.3, 0.4) is 0 Å². The molecule has 0 N–H and O–H groups in total. The first-order valence-electron chi connectivity index (χ1n) is 20.3. The normalized spacial score (nSPS) is 20.6. The van der Waals surface area contributed by atoms with Crippen molar-refractivity contribution in [3.63, 3.8) is 0 Å². The lowest BCUT2D eigenvalue weighted by atomic mass is 9.96. The molecule has 1 atom stereocenters. The van der Waals surface area contributed by atoms with Gasteiger partial charge in [0.25, 0.3) is 0 Å². The number of aromatic nitrogens is 2. The highest BCUT2D eigenvalue weighted by Gasteiger charge is 2.24. The van der Waals surface area contributed by atoms with Crippen LogP contribution in [0.1, 0.15) is 24.0 Å². The molecular formula is C56H42N2O. The van der Waals surface area contributed by atoms with Crippen molar-refractivity contribution in [2.45, 2.75) is 12.8 Å². The summed E-state index contributed by atoms with van der Waals surface area (Å²) in [7, 11) is 0. The lowest BCUT2D eigenvalue weighted by Gasteiger charge is -2.19. The molecule has 3 heteroatoms. The molecule has 2 aromatic heterocycles. The number of rotatable bonds is 3. The van der Waals surface area contributed by atoms with Gasteiger partial charge in [0.05, 0.1) is 27.5 Å². The summed E-state index contributed by atoms with van der Waals surface area (Å²) in [6, 6.07) is 45.7. The van der Waals surface area contributed by atoms with E-state index in [0.29, 0.717) is 0 Å². The maximum atomic E-state index is 7.44. The Morgan fingerprint density at radius 2 is 1.02 bits per heavy atom. The van der Waals surface area contributed by atoms with Crippen molar-refractivity contribution in [3.8, 4) is 28.3 Å². The van der Waals surface area contributed by atoms with Gasteiger partial charge in [-0.25, -0.2) is 0 Å². The van der Waals surface area contributed by atoms with E-state index < -0.39 is 0 Å². The summed E-state index contributed by atoms with van der Waals surface area (Å²) in [4.78, 5) is 0. The summed E-state index contributed by atoms with van der Waals surface area (Å²) >= 11 is 0. The minimum absolute atomic E-state index is 0.0936. The van der Waals surface area contributed by atoms with Gasteiger partial charge in [-0.2, -0.15) is 0 Å². The number of benzene rings is 6. The van der Waals surface area contributed by atoms with Gasteiger partial charge in [-0.15, -0.1) is 0 Å². The van der Waals surface area contributed by atoms with E-state index in [1.165, 1.54) is 11.1 Å². The second-order valence-corrected chi connectivity index (χ2v) is 14.9. The van der Waals surface area contributed by atoms with Crippen LogP contribution in [0.15, 0.2) is 225 Å². The first kappa shape index (κ1) is 35.8. The van der Waals surface area contributed by atoms with E-state index in [1.807, 2.05) is 18.2 Å². The minimum Gasteiger partial charge on any atom is -0.456 e. The summed E-state index contributed by atoms with van der Waals surface area (Å²) in [6.07, 6.45) is 35.8. The van der Waals surface area contributed by atoms with Crippen molar-refractivity contribution in [3.05, 3.63) is 236 Å². The molecule has 0 amide bonds. The molecule has 8 aromatic rings. The zero-order chi connectivity index (χ0) is 39.5. The predicted molar refractivity (Wildman–Crippen MR) is 251 cm³/mol. The average molecular weight is 759 g/mol. The van der Waals surface area contributed by atoms with Crippen LogP contribution in [0, 0.1) is 0 Å². The zero-order valence-corrected chi connectivity index (χ0v) is 32.8. The van der Waals surface area contributed by atoms with E-state index in [-0.39, 0.29) is 5.92 Å². The van der Waals surface area contributed by atoms with Gasteiger partial charge in [0.1, 0.15) is 11.5 Å². The van der Waals surface area contributed by atoms with E-state index in [9.17, 15) is 0 Å². The highest BCUT2D eigenvalue weighted by Crippen LogP contribution is 2.47. The van der Waals surface area contributed by atoms with Gasteiger partial charge in [0, 0.05) is 44.6 Å². The molecule has 1 aliphatic carbocycles. The first-order chi connectivity index (χ1) is 29.2. The number of fused-ring (bicyclic) bond motifs is 10. The summed E-state index contributed by atoms with van der Waals surface area (Å²) < 4.78 is 12.2. The lowest BCUT2D eigenvalue weighted by Crippen LogP contribution is -1.99. The summed E-state index contributed by atoms with van der Waals surface area (Å²) in [5, 5.41) is 4.55. The Labute approximate surface area is 344 Å². The van der Waals surface area contributed by atoms with Crippen LogP contribution < -0.4 is 4.74 Å². The third kappa shape index (κ3) is 6.63. The number of ether oxygens (including phenoxy) is 1. The van der Waals surface area contributed by atoms with Crippen molar-refractivity contribution in [2.75, 3.05) is 0 Å². The topological polar surface area (TPSA) is 19.1 Å². The van der Waals surface area contributed by atoms with Crippen molar-refractivity contribution in [2.24, 2.45) is 0 Å². The van der Waals surface area contributed by atoms with Crippen LogP contribution in [0.5, 0.6) is 11.5 Å². The largest absolute Gasteiger partial charge is 0.456 e. The fourth-order valence-electron chi connectivity index (χ4n) is 8.51. The van der Waals surface area contributed by atoms with Crippen LogP contribution in [0.4, 0.5) is 0 Å². The van der Waals surface area contributed by atoms with Crippen LogP contribution >= 0.6 is 0 Å². The first-order valence-corrected chi connectivity index (χ1v) is 20.3. The Morgan fingerprint density at radius 1 is 0.441 bits per heavy atom. The zero-order valence-electron chi connectivity index (χ0n) is 32.8. The quantitative estimate of drug-likeness (QED) is 0.176. The summed E-state index contributed by atoms with van der Waals surface area (Å²) in [5.74, 6) is 1.78. The van der Waals surface area contributed by atoms with Crippen LogP contribution in [0.25, 0.3) is 72.2 Å². The SMILES string of the molecule is CC1/C=C/C=C\C=C/c2c(ccc3c2c2ccccc2n3C2=C/C=C\C=C/C=C/C=C/C=C\2)Oc2c1ccc1c2c2ccccc2n1-c1ccc(-c2ccccc2)cc1. The summed E-state index contributed by atoms with van der Waals surface area (Å²) in [6.45, 7) is 2.25. The Bertz CT molecular complexity index is 3170. The van der Waals surface area contributed by atoms with Crippen molar-refractivity contribution in [1.82, 2.24) is 9.13 Å². The smallest absolute Gasteiger partial charge is 0.141 e. The van der Waals surface area contributed by atoms with Gasteiger partial charge >= 0.3 is 0 Å². The van der Waals surface area contributed by atoms with Crippen molar-refractivity contribution in [1.29, 1.82) is 0 Å². The molecule has 3 heterocycles. The maximum Gasteiger partial charge on any atom is 0.141 e. The molecule has 1 unspecified atom stereocenters. The van der Waals surface area contributed by atoms with Crippen LogP contribution in [-0.2, 0) is 0 Å². The average Bonchev–Trinajstić information content (AvgIpc) is 3.79. The second-order valence-electron chi connectivity index (χ2n) is 14.9. The maximum absolute atomic E-state index is 7.44. The van der Waals surface area contributed by atoms with Gasteiger partial charge in [-0.1, -0.05) is 183 Å². The fourth-order valence-corrected chi connectivity index (χ4v) is 8.51. The van der Waals surface area contributed by atoms with Crippen molar-refractivity contribution >= 4 is 55.4 Å². The highest BCUT2D eigenvalue weighted by molar-refractivity contribution is 6.16. The van der Waals surface area contributed by atoms with Crippen molar-refractivity contribution < 1.29 is 4.74 Å². The Kier molecular flexibility index (Phi) is 9.54. The van der Waals surface area contributed by atoms with E-state index in [4.69, 9.17) is 4.74 Å². The molecule has 0 saturated carbocycles. The van der Waals surface area contributed by atoms with Gasteiger partial charge in [-0.05, 0) is 65.7 Å². The molecule has 2 aliphatic rings. The van der Waals surface area contributed by atoms with E-state index in [2.05, 4.69) is 229 Å². The molecule has 282 valence electrons. The molecule has 0 spiro atoms. The highest BCUT2D eigenvalue weighted by atomic mass is 16.5. The molecular weight excluding hydrogens is 717 g/mol. The summed E-state index contributed by atoms with van der Waals surface area (Å²) in [5.41, 5.74) is 11.2. The van der Waals surface area contributed by atoms with Crippen LogP contribution in [0.2, 0.25) is 0 Å². The molecule has 0 fully saturated rings. The van der Waals surface area contributed by atoms with Gasteiger partial charge in [0.15, 0.2) is 0 Å². The molecule has 59 heavy (non-hydrogen) atoms. The number of nitrogens with zero attached hydrogens (tertiary/aromatic N) is 2. The van der Waals surface area contributed by atoms with E-state index in [0.717, 1.165) is 77.6 Å². The lowest BCUT2D eigenvalue weighted by molar-refractivity contribution is 0.480. The second kappa shape index (κ2) is 15.7.